The third kappa shape index (κ3) is 3.33. The van der Waals surface area contributed by atoms with E-state index in [4.69, 9.17) is 0 Å². The molecule has 0 bridgehead atoms. The maximum absolute atomic E-state index is 12.2. The molecule has 1 saturated heterocycles. The van der Waals surface area contributed by atoms with Crippen LogP contribution in [0.4, 0.5) is 0 Å². The van der Waals surface area contributed by atoms with Crippen LogP contribution in [0.25, 0.3) is 0 Å². The van der Waals surface area contributed by atoms with Crippen LogP contribution in [0, 0.1) is 12.8 Å². The number of amides is 1. The molecule has 1 fully saturated rings. The van der Waals surface area contributed by atoms with Crippen molar-refractivity contribution in [2.24, 2.45) is 5.92 Å². The highest BCUT2D eigenvalue weighted by atomic mass is 32.1. The van der Waals surface area contributed by atoms with E-state index in [-0.39, 0.29) is 18.0 Å². The van der Waals surface area contributed by atoms with Crippen LogP contribution >= 0.6 is 11.3 Å². The molecule has 1 aliphatic rings. The molecule has 3 unspecified atom stereocenters. The van der Waals surface area contributed by atoms with Gasteiger partial charge in [-0.25, -0.2) is 0 Å². The number of carbonyl (C=O) groups is 1. The van der Waals surface area contributed by atoms with E-state index in [1.54, 1.807) is 11.3 Å². The van der Waals surface area contributed by atoms with Gasteiger partial charge in [-0.15, -0.1) is 11.3 Å². The second-order valence-electron chi connectivity index (χ2n) is 5.31. The molecule has 0 radical (unpaired) electrons. The van der Waals surface area contributed by atoms with Gasteiger partial charge in [0.1, 0.15) is 0 Å². The summed E-state index contributed by atoms with van der Waals surface area (Å²) >= 11 is 1.75. The van der Waals surface area contributed by atoms with E-state index in [9.17, 15) is 4.79 Å². The van der Waals surface area contributed by atoms with Crippen molar-refractivity contribution in [2.75, 3.05) is 6.54 Å². The third-order valence-corrected chi connectivity index (χ3v) is 4.71. The predicted octanol–water partition coefficient (Wildman–Crippen LogP) is 2.62. The largest absolute Gasteiger partial charge is 0.347 e. The van der Waals surface area contributed by atoms with Crippen molar-refractivity contribution in [3.8, 4) is 0 Å². The first-order valence-corrected chi connectivity index (χ1v) is 7.48. The van der Waals surface area contributed by atoms with Gasteiger partial charge >= 0.3 is 0 Å². The molecule has 0 spiro atoms. The van der Waals surface area contributed by atoms with Gasteiger partial charge in [0.05, 0.1) is 12.1 Å². The zero-order chi connectivity index (χ0) is 13.1. The van der Waals surface area contributed by atoms with Gasteiger partial charge in [0.2, 0.25) is 5.91 Å². The average molecular weight is 266 g/mol. The molecule has 4 heteroatoms. The Morgan fingerprint density at radius 2 is 2.33 bits per heavy atom. The fourth-order valence-corrected chi connectivity index (χ4v) is 3.26. The van der Waals surface area contributed by atoms with Gasteiger partial charge in [0.15, 0.2) is 0 Å². The molecule has 2 heterocycles. The Bertz CT molecular complexity index is 416. The van der Waals surface area contributed by atoms with Crippen LogP contribution in [0.15, 0.2) is 12.1 Å². The van der Waals surface area contributed by atoms with Crippen LogP contribution in [0.1, 0.15) is 42.5 Å². The summed E-state index contributed by atoms with van der Waals surface area (Å²) in [5.74, 6) is 0.779. The topological polar surface area (TPSA) is 41.1 Å². The summed E-state index contributed by atoms with van der Waals surface area (Å²) in [5.41, 5.74) is 0. The summed E-state index contributed by atoms with van der Waals surface area (Å²) in [5, 5.41) is 6.41. The number of hydrogen-bond acceptors (Lipinski definition) is 3. The van der Waals surface area contributed by atoms with Gasteiger partial charge in [0, 0.05) is 9.75 Å². The second kappa shape index (κ2) is 5.85. The Morgan fingerprint density at radius 1 is 1.56 bits per heavy atom. The predicted molar refractivity (Wildman–Crippen MR) is 75.8 cm³/mol. The van der Waals surface area contributed by atoms with E-state index in [1.165, 1.54) is 16.2 Å². The van der Waals surface area contributed by atoms with Gasteiger partial charge < -0.3 is 10.6 Å². The van der Waals surface area contributed by atoms with Gasteiger partial charge in [-0.05, 0) is 51.3 Å². The van der Waals surface area contributed by atoms with Crippen LogP contribution in [-0.2, 0) is 4.79 Å². The molecule has 3 atom stereocenters. The molecule has 100 valence electrons. The Hall–Kier alpha value is -0.870. The molecule has 2 rings (SSSR count). The van der Waals surface area contributed by atoms with Gasteiger partial charge in [-0.2, -0.15) is 0 Å². The monoisotopic (exact) mass is 266 g/mol. The molecule has 2 N–H and O–H groups in total. The summed E-state index contributed by atoms with van der Waals surface area (Å²) in [7, 11) is 0. The van der Waals surface area contributed by atoms with E-state index in [2.05, 4.69) is 43.5 Å². The summed E-state index contributed by atoms with van der Waals surface area (Å²) in [6.45, 7) is 7.31. The minimum Gasteiger partial charge on any atom is -0.347 e. The van der Waals surface area contributed by atoms with E-state index in [0.29, 0.717) is 5.92 Å². The number of carbonyl (C=O) groups excluding carboxylic acids is 1. The second-order valence-corrected chi connectivity index (χ2v) is 6.63. The van der Waals surface area contributed by atoms with Crippen molar-refractivity contribution in [3.05, 3.63) is 21.9 Å². The minimum atomic E-state index is -0.0164. The lowest BCUT2D eigenvalue weighted by Crippen LogP contribution is -2.48. The summed E-state index contributed by atoms with van der Waals surface area (Å²) in [4.78, 5) is 14.7. The fraction of sp³-hybridized carbons (Fsp3) is 0.643. The number of nitrogens with one attached hydrogen (secondary N) is 2. The molecule has 1 aliphatic heterocycles. The maximum atomic E-state index is 12.2. The Labute approximate surface area is 113 Å². The highest BCUT2D eigenvalue weighted by Crippen LogP contribution is 2.23. The zero-order valence-corrected chi connectivity index (χ0v) is 12.1. The number of hydrogen-bond donors (Lipinski definition) is 2. The highest BCUT2D eigenvalue weighted by molar-refractivity contribution is 7.12. The Kier molecular flexibility index (Phi) is 4.40. The number of aryl methyl sites for hydroxylation is 1. The standard InChI is InChI=1S/C14H22N2OS/c1-9-6-7-15-12(8-9)14(17)16-11(3)13-5-4-10(2)18-13/h4-5,9,11-12,15H,6-8H2,1-3H3,(H,16,17). The molecule has 1 aromatic rings. The van der Waals surface area contributed by atoms with E-state index in [1.807, 2.05) is 0 Å². The molecular weight excluding hydrogens is 244 g/mol. The van der Waals surface area contributed by atoms with Crippen LogP contribution in [-0.4, -0.2) is 18.5 Å². The summed E-state index contributed by atoms with van der Waals surface area (Å²) < 4.78 is 0. The van der Waals surface area contributed by atoms with Crippen LogP contribution in [0.2, 0.25) is 0 Å². The van der Waals surface area contributed by atoms with Crippen molar-refractivity contribution in [1.29, 1.82) is 0 Å². The van der Waals surface area contributed by atoms with Gasteiger partial charge in [-0.3, -0.25) is 4.79 Å². The van der Waals surface area contributed by atoms with Gasteiger partial charge in [-0.1, -0.05) is 6.92 Å². The third-order valence-electron chi connectivity index (χ3n) is 3.53. The van der Waals surface area contributed by atoms with Crippen molar-refractivity contribution in [3.63, 3.8) is 0 Å². The normalized spacial score (nSPS) is 25.7. The summed E-state index contributed by atoms with van der Waals surface area (Å²) in [6, 6.07) is 4.29. The molecule has 0 aromatic carbocycles. The lowest BCUT2D eigenvalue weighted by Gasteiger charge is -2.28. The zero-order valence-electron chi connectivity index (χ0n) is 11.3. The summed E-state index contributed by atoms with van der Waals surface area (Å²) in [6.07, 6.45) is 2.12. The Balaban J connectivity index is 1.90. The molecule has 3 nitrogen and oxygen atoms in total. The van der Waals surface area contributed by atoms with Gasteiger partial charge in [0.25, 0.3) is 0 Å². The average Bonchev–Trinajstić information content (AvgIpc) is 2.76. The molecule has 0 saturated carbocycles. The number of piperidine rings is 1. The Morgan fingerprint density at radius 3 is 2.94 bits per heavy atom. The van der Waals surface area contributed by atoms with E-state index < -0.39 is 0 Å². The first kappa shape index (κ1) is 13.6. The fourth-order valence-electron chi connectivity index (χ4n) is 2.38. The van der Waals surface area contributed by atoms with Crippen LogP contribution < -0.4 is 10.6 Å². The van der Waals surface area contributed by atoms with Crippen molar-refractivity contribution < 1.29 is 4.79 Å². The van der Waals surface area contributed by atoms with Crippen molar-refractivity contribution >= 4 is 17.2 Å². The lowest BCUT2D eigenvalue weighted by molar-refractivity contribution is -0.124. The molecule has 1 aromatic heterocycles. The van der Waals surface area contributed by atoms with E-state index >= 15 is 0 Å². The lowest BCUT2D eigenvalue weighted by atomic mass is 9.94. The molecule has 0 aliphatic carbocycles. The van der Waals surface area contributed by atoms with Crippen molar-refractivity contribution in [2.45, 2.75) is 45.7 Å². The maximum Gasteiger partial charge on any atom is 0.237 e. The first-order chi connectivity index (χ1) is 8.56. The minimum absolute atomic E-state index is 0.0164. The first-order valence-electron chi connectivity index (χ1n) is 6.66. The molecular formula is C14H22N2OS. The smallest absolute Gasteiger partial charge is 0.237 e. The molecule has 1 amide bonds. The number of thiophene rings is 1. The highest BCUT2D eigenvalue weighted by Gasteiger charge is 2.25. The number of rotatable bonds is 3. The molecule has 18 heavy (non-hydrogen) atoms. The quantitative estimate of drug-likeness (QED) is 0.883. The van der Waals surface area contributed by atoms with Crippen molar-refractivity contribution in [1.82, 2.24) is 10.6 Å². The van der Waals surface area contributed by atoms with Crippen LogP contribution in [0.3, 0.4) is 0 Å². The van der Waals surface area contributed by atoms with Crippen LogP contribution in [0.5, 0.6) is 0 Å². The SMILES string of the molecule is Cc1ccc(C(C)NC(=O)C2CC(C)CCN2)s1. The van der Waals surface area contributed by atoms with E-state index in [0.717, 1.165) is 13.0 Å².